The first-order valence-corrected chi connectivity index (χ1v) is 7.69. The second kappa shape index (κ2) is 7.85. The lowest BCUT2D eigenvalue weighted by Crippen LogP contribution is -2.37. The summed E-state index contributed by atoms with van der Waals surface area (Å²) in [5.41, 5.74) is 1.55. The van der Waals surface area contributed by atoms with Crippen molar-refractivity contribution in [2.75, 3.05) is 6.61 Å². The molecule has 2 N–H and O–H groups in total. The molecule has 0 radical (unpaired) electrons. The molecule has 1 aromatic carbocycles. The number of aliphatic hydroxyl groups is 1. The van der Waals surface area contributed by atoms with E-state index in [0.29, 0.717) is 18.0 Å². The predicted octanol–water partition coefficient (Wildman–Crippen LogP) is 2.73. The van der Waals surface area contributed by atoms with Crippen LogP contribution in [0.15, 0.2) is 24.3 Å². The molecule has 0 bridgehead atoms. The molecule has 1 aliphatic rings. The number of carbonyl (C=O) groups excluding carboxylic acids is 1. The van der Waals surface area contributed by atoms with Gasteiger partial charge in [0.25, 0.3) is 5.91 Å². The number of carbonyl (C=O) groups is 1. The highest BCUT2D eigenvalue weighted by atomic mass is 16.2. The fraction of sp³-hybridized carbons (Fsp3) is 0.500. The van der Waals surface area contributed by atoms with Crippen molar-refractivity contribution in [3.63, 3.8) is 0 Å². The Balaban J connectivity index is 1.89. The van der Waals surface area contributed by atoms with Crippen LogP contribution in [0.25, 0.3) is 0 Å². The summed E-state index contributed by atoms with van der Waals surface area (Å²) < 4.78 is 0. The summed E-state index contributed by atoms with van der Waals surface area (Å²) in [5, 5.41) is 11.8. The molecule has 0 aromatic heterocycles. The Kier molecular flexibility index (Phi) is 5.83. The summed E-state index contributed by atoms with van der Waals surface area (Å²) in [6, 6.07) is 7.63. The number of aliphatic hydroxyl groups excluding tert-OH is 1. The lowest BCUT2D eigenvalue weighted by atomic mass is 9.87. The van der Waals surface area contributed by atoms with E-state index in [9.17, 15) is 4.79 Å². The number of benzene rings is 1. The SMILES string of the molecule is CC1CCC(NC(=O)c2ccc(C#CCCO)cc2)CC1. The zero-order chi connectivity index (χ0) is 15.1. The van der Waals surface area contributed by atoms with Crippen molar-refractivity contribution in [2.24, 2.45) is 5.92 Å². The van der Waals surface area contributed by atoms with Crippen molar-refractivity contribution in [2.45, 2.75) is 45.1 Å². The molecule has 112 valence electrons. The smallest absolute Gasteiger partial charge is 0.251 e. The molecule has 21 heavy (non-hydrogen) atoms. The van der Waals surface area contributed by atoms with Crippen LogP contribution in [-0.2, 0) is 0 Å². The summed E-state index contributed by atoms with van der Waals surface area (Å²) in [5.74, 6) is 6.62. The second-order valence-corrected chi connectivity index (χ2v) is 5.78. The molecule has 0 spiro atoms. The molecule has 3 nitrogen and oxygen atoms in total. The molecule has 1 saturated carbocycles. The highest BCUT2D eigenvalue weighted by Crippen LogP contribution is 2.23. The Morgan fingerprint density at radius 3 is 2.52 bits per heavy atom. The van der Waals surface area contributed by atoms with E-state index in [2.05, 4.69) is 24.1 Å². The Bertz CT molecular complexity index is 516. The monoisotopic (exact) mass is 285 g/mol. The van der Waals surface area contributed by atoms with Crippen molar-refractivity contribution < 1.29 is 9.90 Å². The van der Waals surface area contributed by atoms with Gasteiger partial charge in [-0.1, -0.05) is 18.8 Å². The van der Waals surface area contributed by atoms with Gasteiger partial charge >= 0.3 is 0 Å². The molecule has 1 amide bonds. The zero-order valence-corrected chi connectivity index (χ0v) is 12.6. The van der Waals surface area contributed by atoms with Crippen LogP contribution in [0.1, 0.15) is 54.9 Å². The molecule has 0 unspecified atom stereocenters. The molecule has 0 heterocycles. The molecule has 0 aliphatic heterocycles. The number of nitrogens with one attached hydrogen (secondary N) is 1. The van der Waals surface area contributed by atoms with Crippen LogP contribution >= 0.6 is 0 Å². The van der Waals surface area contributed by atoms with Gasteiger partial charge < -0.3 is 10.4 Å². The van der Waals surface area contributed by atoms with Crippen LogP contribution in [0.2, 0.25) is 0 Å². The van der Waals surface area contributed by atoms with Crippen molar-refractivity contribution in [1.29, 1.82) is 0 Å². The average molecular weight is 285 g/mol. The van der Waals surface area contributed by atoms with E-state index >= 15 is 0 Å². The van der Waals surface area contributed by atoms with Gasteiger partial charge in [-0.25, -0.2) is 0 Å². The standard InChI is InChI=1S/C18H23NO2/c1-14-5-11-17(12-6-14)19-18(21)16-9-7-15(8-10-16)4-2-3-13-20/h7-10,14,17,20H,3,5-6,11-13H2,1H3,(H,19,21). The van der Waals surface area contributed by atoms with Gasteiger partial charge in [0, 0.05) is 23.6 Å². The first kappa shape index (κ1) is 15.6. The minimum atomic E-state index is 0.00409. The van der Waals surface area contributed by atoms with Gasteiger partial charge in [0.1, 0.15) is 0 Å². The molecule has 1 aromatic rings. The van der Waals surface area contributed by atoms with Crippen LogP contribution in [-0.4, -0.2) is 23.7 Å². The molecule has 0 atom stereocenters. The minimum absolute atomic E-state index is 0.00409. The first-order chi connectivity index (χ1) is 10.2. The Morgan fingerprint density at radius 2 is 1.90 bits per heavy atom. The maximum atomic E-state index is 12.2. The average Bonchev–Trinajstić information content (AvgIpc) is 2.50. The Morgan fingerprint density at radius 1 is 1.24 bits per heavy atom. The van der Waals surface area contributed by atoms with Gasteiger partial charge in [-0.2, -0.15) is 0 Å². The molecular weight excluding hydrogens is 262 g/mol. The van der Waals surface area contributed by atoms with E-state index in [0.717, 1.165) is 24.3 Å². The predicted molar refractivity (Wildman–Crippen MR) is 83.9 cm³/mol. The van der Waals surface area contributed by atoms with Crippen LogP contribution < -0.4 is 5.32 Å². The maximum Gasteiger partial charge on any atom is 0.251 e. The van der Waals surface area contributed by atoms with Gasteiger partial charge in [0.2, 0.25) is 0 Å². The summed E-state index contributed by atoms with van der Waals surface area (Å²) in [4.78, 5) is 12.2. The van der Waals surface area contributed by atoms with Gasteiger partial charge in [0.15, 0.2) is 0 Å². The van der Waals surface area contributed by atoms with Gasteiger partial charge in [-0.15, -0.1) is 0 Å². The van der Waals surface area contributed by atoms with Gasteiger partial charge in [0.05, 0.1) is 6.61 Å². The van der Waals surface area contributed by atoms with Gasteiger partial charge in [-0.05, 0) is 55.9 Å². The molecule has 3 heteroatoms. The zero-order valence-electron chi connectivity index (χ0n) is 12.6. The van der Waals surface area contributed by atoms with Crippen molar-refractivity contribution in [1.82, 2.24) is 5.32 Å². The summed E-state index contributed by atoms with van der Waals surface area (Å²) >= 11 is 0. The Labute approximate surface area is 126 Å². The third-order valence-corrected chi connectivity index (χ3v) is 3.97. The lowest BCUT2D eigenvalue weighted by Gasteiger charge is -2.26. The fourth-order valence-electron chi connectivity index (χ4n) is 2.60. The topological polar surface area (TPSA) is 49.3 Å². The van der Waals surface area contributed by atoms with Crippen LogP contribution in [0, 0.1) is 17.8 Å². The van der Waals surface area contributed by atoms with Crippen LogP contribution in [0.3, 0.4) is 0 Å². The number of amides is 1. The molecule has 1 aliphatic carbocycles. The molecule has 0 saturated heterocycles. The largest absolute Gasteiger partial charge is 0.395 e. The third-order valence-electron chi connectivity index (χ3n) is 3.97. The summed E-state index contributed by atoms with van der Waals surface area (Å²) in [6.45, 7) is 2.35. The number of hydrogen-bond donors (Lipinski definition) is 2. The molecule has 2 rings (SSSR count). The molecule has 1 fully saturated rings. The van der Waals surface area contributed by atoms with E-state index in [1.807, 2.05) is 24.3 Å². The fourth-order valence-corrected chi connectivity index (χ4v) is 2.60. The first-order valence-electron chi connectivity index (χ1n) is 7.69. The Hall–Kier alpha value is -1.79. The maximum absolute atomic E-state index is 12.2. The quantitative estimate of drug-likeness (QED) is 0.839. The number of rotatable bonds is 3. The van der Waals surface area contributed by atoms with Crippen molar-refractivity contribution in [3.05, 3.63) is 35.4 Å². The second-order valence-electron chi connectivity index (χ2n) is 5.78. The minimum Gasteiger partial charge on any atom is -0.395 e. The highest BCUT2D eigenvalue weighted by Gasteiger charge is 2.20. The normalized spacial score (nSPS) is 21.2. The summed E-state index contributed by atoms with van der Waals surface area (Å²) in [6.07, 6.45) is 5.03. The van der Waals surface area contributed by atoms with Gasteiger partial charge in [-0.3, -0.25) is 4.79 Å². The van der Waals surface area contributed by atoms with Crippen molar-refractivity contribution in [3.8, 4) is 11.8 Å². The van der Waals surface area contributed by atoms with E-state index in [-0.39, 0.29) is 12.5 Å². The van der Waals surface area contributed by atoms with E-state index in [4.69, 9.17) is 5.11 Å². The number of hydrogen-bond acceptors (Lipinski definition) is 2. The lowest BCUT2D eigenvalue weighted by molar-refractivity contribution is 0.0923. The van der Waals surface area contributed by atoms with E-state index in [1.54, 1.807) is 0 Å². The summed E-state index contributed by atoms with van der Waals surface area (Å²) in [7, 11) is 0. The highest BCUT2D eigenvalue weighted by molar-refractivity contribution is 5.94. The van der Waals surface area contributed by atoms with Crippen LogP contribution in [0.4, 0.5) is 0 Å². The molecular formula is C18H23NO2. The van der Waals surface area contributed by atoms with E-state index in [1.165, 1.54) is 12.8 Å². The third kappa shape index (κ3) is 4.91. The van der Waals surface area contributed by atoms with Crippen molar-refractivity contribution >= 4 is 5.91 Å². The van der Waals surface area contributed by atoms with Crippen LogP contribution in [0.5, 0.6) is 0 Å². The van der Waals surface area contributed by atoms with E-state index < -0.39 is 0 Å².